The van der Waals surface area contributed by atoms with Crippen LogP contribution < -0.4 is 5.73 Å². The maximum absolute atomic E-state index is 12.2. The molecule has 0 saturated heterocycles. The molecule has 4 heteroatoms. The summed E-state index contributed by atoms with van der Waals surface area (Å²) in [5.41, 5.74) is 6.12. The first-order valence-corrected chi connectivity index (χ1v) is 4.58. The van der Waals surface area contributed by atoms with Gasteiger partial charge in [0.2, 0.25) is 0 Å². The van der Waals surface area contributed by atoms with E-state index in [0.29, 0.717) is 10.6 Å². The number of benzene rings is 1. The van der Waals surface area contributed by atoms with Crippen molar-refractivity contribution in [3.63, 3.8) is 0 Å². The highest BCUT2D eigenvalue weighted by molar-refractivity contribution is 9.10. The van der Waals surface area contributed by atoms with Gasteiger partial charge in [0.15, 0.2) is 0 Å². The molecule has 0 saturated carbocycles. The van der Waals surface area contributed by atoms with Crippen LogP contribution in [0.1, 0.15) is 11.6 Å². The van der Waals surface area contributed by atoms with Crippen molar-refractivity contribution in [2.45, 2.75) is 6.04 Å². The summed E-state index contributed by atoms with van der Waals surface area (Å²) in [4.78, 5) is 0. The molecule has 1 atom stereocenters. The first kappa shape index (κ1) is 9.96. The summed E-state index contributed by atoms with van der Waals surface area (Å²) in [6, 6.07) is 4.58. The number of hydrogen-bond donors (Lipinski definition) is 1. The summed E-state index contributed by atoms with van der Waals surface area (Å²) >= 11 is 9.06. The van der Waals surface area contributed by atoms with E-state index in [-0.39, 0.29) is 0 Å². The monoisotopic (exact) mass is 251 g/mol. The van der Waals surface area contributed by atoms with Crippen LogP contribution in [0, 0.1) is 0 Å². The van der Waals surface area contributed by atoms with Gasteiger partial charge >= 0.3 is 0 Å². The average Bonchev–Trinajstić information content (AvgIpc) is 2.08. The van der Waals surface area contributed by atoms with Crippen molar-refractivity contribution in [2.75, 3.05) is 6.67 Å². The van der Waals surface area contributed by atoms with Gasteiger partial charge in [-0.1, -0.05) is 27.5 Å². The van der Waals surface area contributed by atoms with Crippen LogP contribution in [0.4, 0.5) is 4.39 Å². The number of hydrogen-bond acceptors (Lipinski definition) is 1. The van der Waals surface area contributed by atoms with Crippen LogP contribution in [0.5, 0.6) is 0 Å². The largest absolute Gasteiger partial charge is 0.322 e. The van der Waals surface area contributed by atoms with E-state index >= 15 is 0 Å². The predicted molar refractivity (Wildman–Crippen MR) is 52.1 cm³/mol. The van der Waals surface area contributed by atoms with Gasteiger partial charge in [-0.3, -0.25) is 0 Å². The van der Waals surface area contributed by atoms with Gasteiger partial charge < -0.3 is 5.73 Å². The Labute approximate surface area is 83.8 Å². The Morgan fingerprint density at radius 1 is 1.58 bits per heavy atom. The normalized spacial score (nSPS) is 13.0. The molecule has 1 aromatic rings. The van der Waals surface area contributed by atoms with E-state index in [9.17, 15) is 4.39 Å². The Hall–Kier alpha value is -0.120. The first-order chi connectivity index (χ1) is 5.65. The summed E-state index contributed by atoms with van der Waals surface area (Å²) in [6.07, 6.45) is 0. The fraction of sp³-hybridized carbons (Fsp3) is 0.250. The van der Waals surface area contributed by atoms with Crippen molar-refractivity contribution in [1.82, 2.24) is 0 Å². The Balaban J connectivity index is 3.04. The number of alkyl halides is 1. The summed E-state index contributed by atoms with van der Waals surface area (Å²) < 4.78 is 13.0. The van der Waals surface area contributed by atoms with Crippen LogP contribution in [0.15, 0.2) is 22.7 Å². The maximum atomic E-state index is 12.2. The van der Waals surface area contributed by atoms with Gasteiger partial charge in [0, 0.05) is 9.50 Å². The van der Waals surface area contributed by atoms with Gasteiger partial charge in [-0.05, 0) is 23.8 Å². The Kier molecular flexibility index (Phi) is 3.50. The molecule has 2 N–H and O–H groups in total. The highest BCUT2D eigenvalue weighted by atomic mass is 79.9. The summed E-state index contributed by atoms with van der Waals surface area (Å²) in [5, 5.41) is 0.503. The first-order valence-electron chi connectivity index (χ1n) is 3.41. The molecule has 0 aliphatic carbocycles. The second-order valence-corrected chi connectivity index (χ2v) is 3.75. The van der Waals surface area contributed by atoms with E-state index in [1.54, 1.807) is 18.2 Å². The van der Waals surface area contributed by atoms with Crippen molar-refractivity contribution < 1.29 is 4.39 Å². The van der Waals surface area contributed by atoms with Crippen LogP contribution in [0.3, 0.4) is 0 Å². The third kappa shape index (κ3) is 2.19. The van der Waals surface area contributed by atoms with E-state index in [1.165, 1.54) is 0 Å². The summed E-state index contributed by atoms with van der Waals surface area (Å²) in [6.45, 7) is -0.601. The minimum Gasteiger partial charge on any atom is -0.322 e. The standard InChI is InChI=1S/C8H8BrClFN/c9-5-1-2-7(10)6(3-5)8(12)4-11/h1-3,8H,4,12H2/t8-/m1/s1. The van der Waals surface area contributed by atoms with Gasteiger partial charge in [0.1, 0.15) is 6.67 Å². The zero-order chi connectivity index (χ0) is 9.14. The molecule has 0 aliphatic heterocycles. The lowest BCUT2D eigenvalue weighted by Crippen LogP contribution is -2.12. The lowest BCUT2D eigenvalue weighted by molar-refractivity contribution is 0.437. The zero-order valence-electron chi connectivity index (χ0n) is 6.23. The molecule has 12 heavy (non-hydrogen) atoms. The number of nitrogens with two attached hydrogens (primary N) is 1. The molecule has 0 bridgehead atoms. The molecule has 0 fully saturated rings. The topological polar surface area (TPSA) is 26.0 Å². The highest BCUT2D eigenvalue weighted by Crippen LogP contribution is 2.25. The molecule has 0 radical (unpaired) electrons. The minimum absolute atomic E-state index is 0.503. The van der Waals surface area contributed by atoms with Gasteiger partial charge in [-0.2, -0.15) is 0 Å². The Morgan fingerprint density at radius 3 is 2.83 bits per heavy atom. The highest BCUT2D eigenvalue weighted by Gasteiger charge is 2.09. The van der Waals surface area contributed by atoms with Crippen LogP contribution in [-0.4, -0.2) is 6.67 Å². The third-order valence-electron chi connectivity index (χ3n) is 1.52. The molecule has 0 spiro atoms. The summed E-state index contributed by atoms with van der Waals surface area (Å²) in [5.74, 6) is 0. The molecule has 0 heterocycles. The lowest BCUT2D eigenvalue weighted by atomic mass is 10.1. The Morgan fingerprint density at radius 2 is 2.25 bits per heavy atom. The van der Waals surface area contributed by atoms with Crippen LogP contribution in [-0.2, 0) is 0 Å². The zero-order valence-corrected chi connectivity index (χ0v) is 8.57. The number of halogens is 3. The van der Waals surface area contributed by atoms with E-state index in [4.69, 9.17) is 17.3 Å². The number of rotatable bonds is 2. The van der Waals surface area contributed by atoms with E-state index in [0.717, 1.165) is 4.47 Å². The molecule has 0 aromatic heterocycles. The molecular formula is C8H8BrClFN. The van der Waals surface area contributed by atoms with E-state index in [2.05, 4.69) is 15.9 Å². The van der Waals surface area contributed by atoms with Crippen molar-refractivity contribution >= 4 is 27.5 Å². The van der Waals surface area contributed by atoms with Crippen LogP contribution >= 0.6 is 27.5 Å². The molecule has 1 aromatic carbocycles. The second kappa shape index (κ2) is 4.21. The van der Waals surface area contributed by atoms with Crippen LogP contribution in [0.25, 0.3) is 0 Å². The molecule has 0 amide bonds. The van der Waals surface area contributed by atoms with Crippen molar-refractivity contribution in [3.8, 4) is 0 Å². The van der Waals surface area contributed by atoms with Gasteiger partial charge in [0.25, 0.3) is 0 Å². The quantitative estimate of drug-likeness (QED) is 0.860. The smallest absolute Gasteiger partial charge is 0.109 e. The van der Waals surface area contributed by atoms with E-state index in [1.807, 2.05) is 0 Å². The van der Waals surface area contributed by atoms with Crippen molar-refractivity contribution in [1.29, 1.82) is 0 Å². The molecule has 1 nitrogen and oxygen atoms in total. The maximum Gasteiger partial charge on any atom is 0.109 e. The van der Waals surface area contributed by atoms with E-state index < -0.39 is 12.7 Å². The predicted octanol–water partition coefficient (Wildman–Crippen LogP) is 3.07. The average molecular weight is 253 g/mol. The fourth-order valence-electron chi connectivity index (χ4n) is 0.882. The van der Waals surface area contributed by atoms with Gasteiger partial charge in [-0.15, -0.1) is 0 Å². The minimum atomic E-state index is -0.630. The fourth-order valence-corrected chi connectivity index (χ4v) is 1.52. The van der Waals surface area contributed by atoms with Crippen LogP contribution in [0.2, 0.25) is 5.02 Å². The molecule has 66 valence electrons. The van der Waals surface area contributed by atoms with Crippen molar-refractivity contribution in [3.05, 3.63) is 33.3 Å². The van der Waals surface area contributed by atoms with Gasteiger partial charge in [0.05, 0.1) is 6.04 Å². The lowest BCUT2D eigenvalue weighted by Gasteiger charge is -2.09. The molecule has 1 rings (SSSR count). The molecular weight excluding hydrogens is 244 g/mol. The third-order valence-corrected chi connectivity index (χ3v) is 2.36. The van der Waals surface area contributed by atoms with Crippen molar-refractivity contribution in [2.24, 2.45) is 5.73 Å². The summed E-state index contributed by atoms with van der Waals surface area (Å²) in [7, 11) is 0. The Bertz CT molecular complexity index is 280. The molecule has 0 unspecified atom stereocenters. The second-order valence-electron chi connectivity index (χ2n) is 2.43. The SMILES string of the molecule is N[C@H](CF)c1cc(Br)ccc1Cl. The molecule has 0 aliphatic rings. The van der Waals surface area contributed by atoms with Gasteiger partial charge in [-0.25, -0.2) is 4.39 Å².